The van der Waals surface area contributed by atoms with Gasteiger partial charge in [-0.2, -0.15) is 0 Å². The Morgan fingerprint density at radius 3 is 2.48 bits per heavy atom. The average molecular weight is 389 g/mol. The second-order valence-corrected chi connectivity index (χ2v) is 7.64. The Morgan fingerprint density at radius 1 is 1.03 bits per heavy atom. The van der Waals surface area contributed by atoms with E-state index in [-0.39, 0.29) is 5.91 Å². The molecule has 0 saturated carbocycles. The van der Waals surface area contributed by atoms with Gasteiger partial charge in [0, 0.05) is 44.2 Å². The van der Waals surface area contributed by atoms with E-state index in [2.05, 4.69) is 34.1 Å². The number of hydrogen-bond donors (Lipinski definition) is 0. The van der Waals surface area contributed by atoms with Gasteiger partial charge in [0.15, 0.2) is 6.10 Å². The number of rotatable bonds is 5. The molecule has 29 heavy (non-hydrogen) atoms. The molecule has 5 nitrogen and oxygen atoms in total. The van der Waals surface area contributed by atoms with Gasteiger partial charge in [-0.05, 0) is 31.0 Å². The number of pyridine rings is 1. The first-order valence-electron chi connectivity index (χ1n) is 10.2. The van der Waals surface area contributed by atoms with Gasteiger partial charge in [-0.3, -0.25) is 9.69 Å². The van der Waals surface area contributed by atoms with Crippen LogP contribution >= 0.6 is 0 Å². The maximum Gasteiger partial charge on any atom is 0.263 e. The molecule has 5 heteroatoms. The molecule has 2 heterocycles. The Morgan fingerprint density at radius 2 is 1.72 bits per heavy atom. The van der Waals surface area contributed by atoms with E-state index in [0.29, 0.717) is 5.88 Å². The minimum Gasteiger partial charge on any atom is -0.465 e. The number of para-hydroxylation sites is 1. The van der Waals surface area contributed by atoms with Crippen molar-refractivity contribution in [2.45, 2.75) is 26.5 Å². The highest BCUT2D eigenvalue weighted by Crippen LogP contribution is 2.22. The monoisotopic (exact) mass is 389 g/mol. The fourth-order valence-corrected chi connectivity index (χ4v) is 3.84. The maximum atomic E-state index is 12.9. The Balaban J connectivity index is 1.34. The second kappa shape index (κ2) is 8.62. The van der Waals surface area contributed by atoms with Crippen LogP contribution in [0.3, 0.4) is 0 Å². The number of carbonyl (C=O) groups is 1. The fraction of sp³-hybridized carbons (Fsp3) is 0.333. The number of fused-ring (bicyclic) bond motifs is 1. The average Bonchev–Trinajstić information content (AvgIpc) is 2.74. The Labute approximate surface area is 171 Å². The molecule has 3 aromatic rings. The fourth-order valence-electron chi connectivity index (χ4n) is 3.84. The van der Waals surface area contributed by atoms with E-state index in [9.17, 15) is 4.79 Å². The van der Waals surface area contributed by atoms with Gasteiger partial charge in [0.2, 0.25) is 5.88 Å². The van der Waals surface area contributed by atoms with Crippen LogP contribution in [0, 0.1) is 6.92 Å². The van der Waals surface area contributed by atoms with Crippen molar-refractivity contribution in [3.63, 3.8) is 0 Å². The van der Waals surface area contributed by atoms with Crippen molar-refractivity contribution in [1.29, 1.82) is 0 Å². The summed E-state index contributed by atoms with van der Waals surface area (Å²) in [4.78, 5) is 21.7. The number of piperazine rings is 1. The van der Waals surface area contributed by atoms with Gasteiger partial charge < -0.3 is 9.64 Å². The third-order valence-corrected chi connectivity index (χ3v) is 5.48. The van der Waals surface area contributed by atoms with Gasteiger partial charge in [-0.25, -0.2) is 4.98 Å². The highest BCUT2D eigenvalue weighted by molar-refractivity contribution is 5.83. The van der Waals surface area contributed by atoms with Crippen LogP contribution in [0.15, 0.2) is 60.7 Å². The van der Waals surface area contributed by atoms with Gasteiger partial charge in [-0.1, -0.05) is 48.5 Å². The highest BCUT2D eigenvalue weighted by atomic mass is 16.5. The molecule has 4 rings (SSSR count). The van der Waals surface area contributed by atoms with E-state index in [1.54, 1.807) is 0 Å². The van der Waals surface area contributed by atoms with Crippen molar-refractivity contribution in [2.24, 2.45) is 0 Å². The van der Waals surface area contributed by atoms with E-state index >= 15 is 0 Å². The molecule has 150 valence electrons. The number of ether oxygens (including phenoxy) is 1. The molecule has 1 saturated heterocycles. The van der Waals surface area contributed by atoms with Crippen LogP contribution in [0.1, 0.15) is 18.1 Å². The molecule has 1 amide bonds. The molecule has 0 aliphatic carbocycles. The summed E-state index contributed by atoms with van der Waals surface area (Å²) in [6.07, 6.45) is -0.552. The quantitative estimate of drug-likeness (QED) is 0.668. The van der Waals surface area contributed by atoms with Crippen LogP contribution in [0.25, 0.3) is 10.9 Å². The topological polar surface area (TPSA) is 45.7 Å². The molecule has 1 fully saturated rings. The van der Waals surface area contributed by atoms with Gasteiger partial charge in [0.25, 0.3) is 5.91 Å². The van der Waals surface area contributed by atoms with Crippen molar-refractivity contribution in [3.8, 4) is 5.88 Å². The first-order chi connectivity index (χ1) is 14.1. The second-order valence-electron chi connectivity index (χ2n) is 7.64. The molecule has 0 spiro atoms. The number of amides is 1. The van der Waals surface area contributed by atoms with E-state index in [0.717, 1.165) is 49.2 Å². The van der Waals surface area contributed by atoms with Gasteiger partial charge in [0.05, 0.1) is 5.52 Å². The summed E-state index contributed by atoms with van der Waals surface area (Å²) in [7, 11) is 0. The zero-order chi connectivity index (χ0) is 20.2. The molecule has 0 unspecified atom stereocenters. The zero-order valence-electron chi connectivity index (χ0n) is 17.0. The summed E-state index contributed by atoms with van der Waals surface area (Å²) in [5.74, 6) is 0.529. The van der Waals surface area contributed by atoms with Gasteiger partial charge >= 0.3 is 0 Å². The summed E-state index contributed by atoms with van der Waals surface area (Å²) in [5, 5.41) is 1.10. The minimum atomic E-state index is -0.552. The number of benzene rings is 2. The summed E-state index contributed by atoms with van der Waals surface area (Å²) in [6.45, 7) is 7.98. The Bertz CT molecular complexity index is 982. The normalized spacial score (nSPS) is 16.0. The summed E-state index contributed by atoms with van der Waals surface area (Å²) < 4.78 is 5.92. The Kier molecular flexibility index (Phi) is 5.76. The van der Waals surface area contributed by atoms with Crippen molar-refractivity contribution in [2.75, 3.05) is 26.2 Å². The smallest absolute Gasteiger partial charge is 0.263 e. The molecule has 1 aromatic heterocycles. The molecule has 2 aromatic carbocycles. The van der Waals surface area contributed by atoms with Crippen LogP contribution < -0.4 is 4.74 Å². The first-order valence-corrected chi connectivity index (χ1v) is 10.2. The number of nitrogens with zero attached hydrogens (tertiary/aromatic N) is 3. The largest absolute Gasteiger partial charge is 0.465 e. The van der Waals surface area contributed by atoms with Crippen LogP contribution in [0.5, 0.6) is 5.88 Å². The molecule has 0 N–H and O–H groups in total. The number of carbonyl (C=O) groups excluding carboxylic acids is 1. The number of aromatic nitrogens is 1. The Hall–Kier alpha value is -2.92. The van der Waals surface area contributed by atoms with Gasteiger partial charge in [-0.15, -0.1) is 0 Å². The SMILES string of the molecule is Cc1cc(O[C@@H](C)C(=O)N2CCN(Cc3ccccc3)CC2)nc2ccccc12. The third kappa shape index (κ3) is 4.57. The van der Waals surface area contributed by atoms with E-state index in [4.69, 9.17) is 4.74 Å². The lowest BCUT2D eigenvalue weighted by Crippen LogP contribution is -2.51. The van der Waals surface area contributed by atoms with Crippen molar-refractivity contribution >= 4 is 16.8 Å². The van der Waals surface area contributed by atoms with E-state index in [1.165, 1.54) is 5.56 Å². The lowest BCUT2D eigenvalue weighted by atomic mass is 10.1. The zero-order valence-corrected chi connectivity index (χ0v) is 17.0. The molecule has 0 radical (unpaired) electrons. The summed E-state index contributed by atoms with van der Waals surface area (Å²) >= 11 is 0. The van der Waals surface area contributed by atoms with Crippen molar-refractivity contribution in [3.05, 3.63) is 71.8 Å². The first kappa shape index (κ1) is 19.4. The molecule has 1 atom stereocenters. The molecular formula is C24H27N3O2. The third-order valence-electron chi connectivity index (χ3n) is 5.48. The minimum absolute atomic E-state index is 0.0250. The van der Waals surface area contributed by atoms with Crippen LogP contribution in [0.2, 0.25) is 0 Å². The predicted molar refractivity (Wildman–Crippen MR) is 115 cm³/mol. The van der Waals surface area contributed by atoms with E-state index in [1.807, 2.05) is 55.1 Å². The standard InChI is InChI=1S/C24H27N3O2/c1-18-16-23(25-22-11-7-6-10-21(18)22)29-19(2)24(28)27-14-12-26(13-15-27)17-20-8-4-3-5-9-20/h3-11,16,19H,12-15,17H2,1-2H3/t19-/m0/s1. The molecule has 1 aliphatic rings. The van der Waals surface area contributed by atoms with Crippen molar-refractivity contribution < 1.29 is 9.53 Å². The van der Waals surface area contributed by atoms with Crippen LogP contribution in [0.4, 0.5) is 0 Å². The van der Waals surface area contributed by atoms with Gasteiger partial charge in [0.1, 0.15) is 0 Å². The summed E-state index contributed by atoms with van der Waals surface area (Å²) in [6, 6.07) is 20.3. The number of aryl methyl sites for hydroxylation is 1. The summed E-state index contributed by atoms with van der Waals surface area (Å²) in [5.41, 5.74) is 3.29. The maximum absolute atomic E-state index is 12.9. The molecule has 0 bridgehead atoms. The highest BCUT2D eigenvalue weighted by Gasteiger charge is 2.26. The predicted octanol–water partition coefficient (Wildman–Crippen LogP) is 3.65. The van der Waals surface area contributed by atoms with Crippen LogP contribution in [-0.2, 0) is 11.3 Å². The molecule has 1 aliphatic heterocycles. The van der Waals surface area contributed by atoms with Crippen molar-refractivity contribution in [1.82, 2.24) is 14.8 Å². The van der Waals surface area contributed by atoms with E-state index < -0.39 is 6.10 Å². The van der Waals surface area contributed by atoms with Crippen LogP contribution in [-0.4, -0.2) is 53.0 Å². The lowest BCUT2D eigenvalue weighted by Gasteiger charge is -2.35. The number of hydrogen-bond acceptors (Lipinski definition) is 4. The molecular weight excluding hydrogens is 362 g/mol. The lowest BCUT2D eigenvalue weighted by molar-refractivity contribution is -0.139.